The van der Waals surface area contributed by atoms with Crippen LogP contribution < -0.4 is 10.0 Å². The van der Waals surface area contributed by atoms with Crippen molar-refractivity contribution in [2.45, 2.75) is 36.8 Å². The van der Waals surface area contributed by atoms with Crippen molar-refractivity contribution in [1.29, 1.82) is 0 Å². The van der Waals surface area contributed by atoms with Crippen LogP contribution in [0.5, 0.6) is 0 Å². The second kappa shape index (κ2) is 7.87. The average molecular weight is 356 g/mol. The molecule has 1 aliphatic rings. The van der Waals surface area contributed by atoms with Crippen molar-refractivity contribution in [2.75, 3.05) is 13.2 Å². The Morgan fingerprint density at radius 1 is 1.54 bits per heavy atom. The van der Waals surface area contributed by atoms with E-state index in [1.54, 1.807) is 0 Å². The summed E-state index contributed by atoms with van der Waals surface area (Å²) < 4.78 is 45.7. The summed E-state index contributed by atoms with van der Waals surface area (Å²) in [7, 11) is -4.05. The zero-order valence-electron chi connectivity index (χ0n) is 13.4. The van der Waals surface area contributed by atoms with Gasteiger partial charge in [-0.15, -0.1) is 6.58 Å². The van der Waals surface area contributed by atoms with E-state index >= 15 is 0 Å². The zero-order chi connectivity index (χ0) is 17.7. The molecule has 6 nitrogen and oxygen atoms in total. The standard InChI is InChI=1S/C16H21FN2O4S/c1-3-8-18-24(21,22)15-10-12(6-7-13(15)17)16(20)19-11(2)14-5-4-9-23-14/h3,6-7,10-11,14,18H,1,4-5,8-9H2,2H3,(H,19,20). The number of hydrogen-bond acceptors (Lipinski definition) is 4. The van der Waals surface area contributed by atoms with Crippen LogP contribution in [0.25, 0.3) is 0 Å². The number of carbonyl (C=O) groups excluding carboxylic acids is 1. The molecule has 1 fully saturated rings. The van der Waals surface area contributed by atoms with Gasteiger partial charge in [0.2, 0.25) is 10.0 Å². The number of amides is 1. The Balaban J connectivity index is 2.17. The normalized spacial score (nSPS) is 19.0. The van der Waals surface area contributed by atoms with Crippen LogP contribution in [0.2, 0.25) is 0 Å². The second-order valence-electron chi connectivity index (χ2n) is 5.60. The van der Waals surface area contributed by atoms with Gasteiger partial charge in [0.25, 0.3) is 5.91 Å². The maximum absolute atomic E-state index is 13.9. The molecule has 2 atom stereocenters. The minimum Gasteiger partial charge on any atom is -0.376 e. The summed E-state index contributed by atoms with van der Waals surface area (Å²) in [5.41, 5.74) is 0.0697. The Kier molecular flexibility index (Phi) is 6.09. The first-order chi connectivity index (χ1) is 11.3. The Bertz CT molecular complexity index is 715. The molecular formula is C16H21FN2O4S. The monoisotopic (exact) mass is 356 g/mol. The fourth-order valence-corrected chi connectivity index (χ4v) is 3.58. The van der Waals surface area contributed by atoms with E-state index in [9.17, 15) is 17.6 Å². The summed E-state index contributed by atoms with van der Waals surface area (Å²) in [5, 5.41) is 2.76. The van der Waals surface area contributed by atoms with Gasteiger partial charge in [0.05, 0.1) is 12.1 Å². The van der Waals surface area contributed by atoms with Crippen LogP contribution in [0, 0.1) is 5.82 Å². The van der Waals surface area contributed by atoms with Gasteiger partial charge in [0, 0.05) is 18.7 Å². The van der Waals surface area contributed by atoms with Gasteiger partial charge >= 0.3 is 0 Å². The number of rotatable bonds is 7. The van der Waals surface area contributed by atoms with E-state index in [1.165, 1.54) is 12.1 Å². The molecule has 1 saturated heterocycles. The van der Waals surface area contributed by atoms with Crippen LogP contribution in [0.3, 0.4) is 0 Å². The molecule has 1 heterocycles. The third kappa shape index (κ3) is 4.40. The lowest BCUT2D eigenvalue weighted by Gasteiger charge is -2.20. The summed E-state index contributed by atoms with van der Waals surface area (Å²) in [6.45, 7) is 5.85. The van der Waals surface area contributed by atoms with Crippen LogP contribution in [0.1, 0.15) is 30.1 Å². The summed E-state index contributed by atoms with van der Waals surface area (Å²) in [4.78, 5) is 11.7. The third-order valence-corrected chi connectivity index (χ3v) is 5.22. The van der Waals surface area contributed by atoms with Crippen LogP contribution in [0.4, 0.5) is 4.39 Å². The SMILES string of the molecule is C=CCNS(=O)(=O)c1cc(C(=O)NC(C)C2CCCO2)ccc1F. The second-order valence-corrected chi connectivity index (χ2v) is 7.33. The minimum atomic E-state index is -4.05. The molecule has 1 aromatic rings. The van der Waals surface area contributed by atoms with Gasteiger partial charge in [0.15, 0.2) is 0 Å². The number of halogens is 1. The van der Waals surface area contributed by atoms with Crippen molar-refractivity contribution in [3.63, 3.8) is 0 Å². The predicted molar refractivity (Wildman–Crippen MR) is 87.7 cm³/mol. The van der Waals surface area contributed by atoms with Crippen molar-refractivity contribution in [1.82, 2.24) is 10.0 Å². The molecule has 1 amide bonds. The van der Waals surface area contributed by atoms with Gasteiger partial charge in [-0.05, 0) is 38.0 Å². The summed E-state index contributed by atoms with van der Waals surface area (Å²) in [5.74, 6) is -1.39. The molecule has 1 aromatic carbocycles. The minimum absolute atomic E-state index is 0.0335. The molecule has 0 spiro atoms. The molecule has 1 aliphatic heterocycles. The number of carbonyl (C=O) groups is 1. The van der Waals surface area contributed by atoms with Crippen molar-refractivity contribution >= 4 is 15.9 Å². The highest BCUT2D eigenvalue weighted by Gasteiger charge is 2.25. The molecule has 0 aromatic heterocycles. The lowest BCUT2D eigenvalue weighted by molar-refractivity contribution is 0.0712. The fourth-order valence-electron chi connectivity index (χ4n) is 2.48. The Morgan fingerprint density at radius 2 is 2.29 bits per heavy atom. The van der Waals surface area contributed by atoms with E-state index in [-0.39, 0.29) is 24.3 Å². The van der Waals surface area contributed by atoms with Gasteiger partial charge in [0.1, 0.15) is 10.7 Å². The molecular weight excluding hydrogens is 335 g/mol. The van der Waals surface area contributed by atoms with Gasteiger partial charge < -0.3 is 10.1 Å². The first-order valence-corrected chi connectivity index (χ1v) is 9.16. The van der Waals surface area contributed by atoms with Crippen molar-refractivity contribution in [3.05, 3.63) is 42.2 Å². The van der Waals surface area contributed by atoms with Crippen molar-refractivity contribution in [3.8, 4) is 0 Å². The highest BCUT2D eigenvalue weighted by molar-refractivity contribution is 7.89. The van der Waals surface area contributed by atoms with Crippen LogP contribution in [-0.2, 0) is 14.8 Å². The van der Waals surface area contributed by atoms with Crippen LogP contribution in [-0.4, -0.2) is 39.6 Å². The molecule has 2 unspecified atom stereocenters. The lowest BCUT2D eigenvalue weighted by atomic mass is 10.1. The molecule has 0 saturated carbocycles. The van der Waals surface area contributed by atoms with E-state index in [0.29, 0.717) is 6.61 Å². The maximum Gasteiger partial charge on any atom is 0.251 e. The molecule has 132 valence electrons. The Morgan fingerprint density at radius 3 is 2.92 bits per heavy atom. The fraction of sp³-hybridized carbons (Fsp3) is 0.438. The molecule has 0 aliphatic carbocycles. The Hall–Kier alpha value is -1.77. The van der Waals surface area contributed by atoms with Gasteiger partial charge in [-0.3, -0.25) is 4.79 Å². The number of hydrogen-bond donors (Lipinski definition) is 2. The van der Waals surface area contributed by atoms with Crippen LogP contribution in [0.15, 0.2) is 35.7 Å². The smallest absolute Gasteiger partial charge is 0.251 e. The first kappa shape index (κ1) is 18.6. The van der Waals surface area contributed by atoms with E-state index in [4.69, 9.17) is 4.74 Å². The molecule has 8 heteroatoms. The topological polar surface area (TPSA) is 84.5 Å². The molecule has 2 rings (SSSR count). The summed E-state index contributed by atoms with van der Waals surface area (Å²) >= 11 is 0. The van der Waals surface area contributed by atoms with Crippen molar-refractivity contribution < 1.29 is 22.3 Å². The number of sulfonamides is 1. The number of nitrogens with one attached hydrogen (secondary N) is 2. The van der Waals surface area contributed by atoms with Gasteiger partial charge in [-0.2, -0.15) is 0 Å². The Labute approximate surface area is 141 Å². The average Bonchev–Trinajstić information content (AvgIpc) is 3.07. The van der Waals surface area contributed by atoms with Crippen molar-refractivity contribution in [2.24, 2.45) is 0 Å². The number of ether oxygens (including phenoxy) is 1. The zero-order valence-corrected chi connectivity index (χ0v) is 14.2. The largest absolute Gasteiger partial charge is 0.376 e. The molecule has 24 heavy (non-hydrogen) atoms. The van der Waals surface area contributed by atoms with E-state index < -0.39 is 26.6 Å². The maximum atomic E-state index is 13.9. The highest BCUT2D eigenvalue weighted by atomic mass is 32.2. The third-order valence-electron chi connectivity index (χ3n) is 3.78. The van der Waals surface area contributed by atoms with Gasteiger partial charge in [-0.25, -0.2) is 17.5 Å². The van der Waals surface area contributed by atoms with Crippen LogP contribution >= 0.6 is 0 Å². The predicted octanol–water partition coefficient (Wildman–Crippen LogP) is 1.59. The van der Waals surface area contributed by atoms with Gasteiger partial charge in [-0.1, -0.05) is 6.08 Å². The molecule has 0 radical (unpaired) electrons. The summed E-state index contributed by atoms with van der Waals surface area (Å²) in [6.07, 6.45) is 3.08. The lowest BCUT2D eigenvalue weighted by Crippen LogP contribution is -2.40. The van der Waals surface area contributed by atoms with E-state index in [0.717, 1.165) is 25.0 Å². The first-order valence-electron chi connectivity index (χ1n) is 7.67. The van der Waals surface area contributed by atoms with E-state index in [1.807, 2.05) is 6.92 Å². The quantitative estimate of drug-likeness (QED) is 0.727. The highest BCUT2D eigenvalue weighted by Crippen LogP contribution is 2.18. The van der Waals surface area contributed by atoms with E-state index in [2.05, 4.69) is 16.6 Å². The molecule has 0 bridgehead atoms. The molecule has 2 N–H and O–H groups in total. The summed E-state index contributed by atoms with van der Waals surface area (Å²) in [6, 6.07) is 3.02. The number of benzene rings is 1.